The first-order valence-corrected chi connectivity index (χ1v) is 10.3. The number of rotatable bonds is 3. The lowest BCUT2D eigenvalue weighted by molar-refractivity contribution is 0.172. The monoisotopic (exact) mass is 515 g/mol. The molecule has 0 bridgehead atoms. The van der Waals surface area contributed by atoms with Crippen LogP contribution in [-0.4, -0.2) is 46.5 Å². The van der Waals surface area contributed by atoms with Crippen LogP contribution in [0.15, 0.2) is 44.0 Å². The SMILES string of the molecule is CN1CC[C@@H](c2c(O)cc(O)c3c(=O)cc(-c4ccc(Cl)cc4Br)oc23)[C@@H]1CO.Cl. The van der Waals surface area contributed by atoms with Gasteiger partial charge in [-0.3, -0.25) is 4.79 Å². The quantitative estimate of drug-likeness (QED) is 0.475. The second-order valence-electron chi connectivity index (χ2n) is 7.26. The lowest BCUT2D eigenvalue weighted by atomic mass is 9.89. The third-order valence-corrected chi connectivity index (χ3v) is 6.47. The zero-order chi connectivity index (χ0) is 20.9. The Morgan fingerprint density at radius 2 is 1.97 bits per heavy atom. The van der Waals surface area contributed by atoms with E-state index in [1.807, 2.05) is 11.9 Å². The van der Waals surface area contributed by atoms with Crippen LogP contribution in [0.25, 0.3) is 22.3 Å². The molecule has 0 spiro atoms. The van der Waals surface area contributed by atoms with Gasteiger partial charge in [0.05, 0.1) is 6.61 Å². The number of aliphatic hydroxyl groups excluding tert-OH is 1. The number of aliphatic hydroxyl groups is 1. The van der Waals surface area contributed by atoms with Crippen molar-refractivity contribution in [2.45, 2.75) is 18.4 Å². The number of nitrogens with zero attached hydrogens (tertiary/aromatic N) is 1. The number of phenols is 2. The molecule has 1 fully saturated rings. The van der Waals surface area contributed by atoms with E-state index in [9.17, 15) is 20.1 Å². The molecular weight excluding hydrogens is 497 g/mol. The summed E-state index contributed by atoms with van der Waals surface area (Å²) in [4.78, 5) is 14.9. The largest absolute Gasteiger partial charge is 0.507 e. The first kappa shape index (κ1) is 22.9. The topological polar surface area (TPSA) is 94.1 Å². The van der Waals surface area contributed by atoms with Gasteiger partial charge >= 0.3 is 0 Å². The zero-order valence-corrected chi connectivity index (χ0v) is 19.1. The Morgan fingerprint density at radius 1 is 1.23 bits per heavy atom. The average molecular weight is 517 g/mol. The number of aromatic hydroxyl groups is 2. The van der Waals surface area contributed by atoms with Gasteiger partial charge in [0.15, 0.2) is 5.43 Å². The van der Waals surface area contributed by atoms with Gasteiger partial charge < -0.3 is 24.6 Å². The zero-order valence-electron chi connectivity index (χ0n) is 15.9. The van der Waals surface area contributed by atoms with Crippen molar-refractivity contribution in [3.63, 3.8) is 0 Å². The normalized spacial score (nSPS) is 19.2. The number of fused-ring (bicyclic) bond motifs is 1. The number of hydrogen-bond acceptors (Lipinski definition) is 6. The highest BCUT2D eigenvalue weighted by Gasteiger charge is 2.36. The number of benzene rings is 2. The summed E-state index contributed by atoms with van der Waals surface area (Å²) in [6.45, 7) is 0.625. The second-order valence-corrected chi connectivity index (χ2v) is 8.55. The molecule has 160 valence electrons. The van der Waals surface area contributed by atoms with Gasteiger partial charge in [0.25, 0.3) is 0 Å². The molecule has 0 saturated carbocycles. The average Bonchev–Trinajstić information content (AvgIpc) is 3.01. The van der Waals surface area contributed by atoms with Crippen LogP contribution in [0, 0.1) is 0 Å². The maximum absolute atomic E-state index is 12.9. The minimum absolute atomic E-state index is 0. The fraction of sp³-hybridized carbons (Fsp3) is 0.286. The Morgan fingerprint density at radius 3 is 2.63 bits per heavy atom. The molecule has 3 aromatic rings. The minimum atomic E-state index is -0.422. The Balaban J connectivity index is 0.00000256. The van der Waals surface area contributed by atoms with Gasteiger partial charge in [-0.15, -0.1) is 12.4 Å². The Kier molecular flexibility index (Phi) is 6.69. The van der Waals surface area contributed by atoms with Crippen LogP contribution in [0.5, 0.6) is 11.5 Å². The molecule has 0 radical (unpaired) electrons. The van der Waals surface area contributed by atoms with Crippen molar-refractivity contribution in [3.05, 3.63) is 55.6 Å². The maximum atomic E-state index is 12.9. The molecule has 1 aromatic heterocycles. The predicted molar refractivity (Wildman–Crippen MR) is 122 cm³/mol. The third-order valence-electron chi connectivity index (χ3n) is 5.58. The van der Waals surface area contributed by atoms with Gasteiger partial charge in [-0.25, -0.2) is 0 Å². The molecule has 0 aliphatic carbocycles. The summed E-state index contributed by atoms with van der Waals surface area (Å²) in [5.74, 6) is -0.475. The molecule has 2 heterocycles. The van der Waals surface area contributed by atoms with Crippen LogP contribution in [0.4, 0.5) is 0 Å². The van der Waals surface area contributed by atoms with Crippen LogP contribution in [-0.2, 0) is 0 Å². The summed E-state index contributed by atoms with van der Waals surface area (Å²) in [5.41, 5.74) is 0.744. The highest BCUT2D eigenvalue weighted by Crippen LogP contribution is 2.44. The van der Waals surface area contributed by atoms with E-state index in [2.05, 4.69) is 15.9 Å². The Hall–Kier alpha value is -1.77. The van der Waals surface area contributed by atoms with E-state index in [1.165, 1.54) is 12.1 Å². The van der Waals surface area contributed by atoms with Gasteiger partial charge in [0, 0.05) is 44.7 Å². The minimum Gasteiger partial charge on any atom is -0.507 e. The van der Waals surface area contributed by atoms with E-state index >= 15 is 0 Å². The first-order valence-electron chi connectivity index (χ1n) is 9.11. The van der Waals surface area contributed by atoms with Crippen molar-refractivity contribution in [1.82, 2.24) is 4.90 Å². The van der Waals surface area contributed by atoms with Crippen molar-refractivity contribution < 1.29 is 19.7 Å². The molecule has 1 aliphatic heterocycles. The Labute approximate surface area is 192 Å². The van der Waals surface area contributed by atoms with Crippen LogP contribution in [0.3, 0.4) is 0 Å². The molecule has 9 heteroatoms. The third kappa shape index (κ3) is 3.81. The van der Waals surface area contributed by atoms with Crippen molar-refractivity contribution in [3.8, 4) is 22.8 Å². The summed E-state index contributed by atoms with van der Waals surface area (Å²) in [6, 6.07) is 7.33. The van der Waals surface area contributed by atoms with Crippen LogP contribution < -0.4 is 5.43 Å². The first-order chi connectivity index (χ1) is 13.8. The standard InChI is InChI=1S/C21H19BrClNO5.ClH/c1-24-5-4-12(14(24)9-25)19-15(26)7-16(27)20-17(28)8-18(29-21(19)20)11-3-2-10(23)6-13(11)22;/h2-3,6-8,12,14,25-27H,4-5,9H2,1H3;1H/t12-,14+;/m1./s1. The fourth-order valence-electron chi connectivity index (χ4n) is 4.11. The van der Waals surface area contributed by atoms with Gasteiger partial charge in [-0.2, -0.15) is 0 Å². The van der Waals surface area contributed by atoms with Gasteiger partial charge in [-0.1, -0.05) is 11.6 Å². The molecule has 0 unspecified atom stereocenters. The molecule has 6 nitrogen and oxygen atoms in total. The molecule has 1 saturated heterocycles. The summed E-state index contributed by atoms with van der Waals surface area (Å²) < 4.78 is 6.74. The fourth-order valence-corrected chi connectivity index (χ4v) is 4.99. The second kappa shape index (κ2) is 8.77. The van der Waals surface area contributed by atoms with Gasteiger partial charge in [0.2, 0.25) is 0 Å². The number of likely N-dealkylation sites (N-methyl/N-ethyl adjacent to an activating group) is 1. The molecule has 1 aliphatic rings. The maximum Gasteiger partial charge on any atom is 0.197 e. The molecule has 2 atom stereocenters. The van der Waals surface area contributed by atoms with Crippen molar-refractivity contribution in [2.24, 2.45) is 0 Å². The Bertz CT molecular complexity index is 1170. The highest BCUT2D eigenvalue weighted by atomic mass is 79.9. The van der Waals surface area contributed by atoms with Gasteiger partial charge in [-0.05, 0) is 54.1 Å². The number of halogens is 3. The summed E-state index contributed by atoms with van der Waals surface area (Å²) in [5, 5.41) is 31.4. The smallest absolute Gasteiger partial charge is 0.197 e. The molecule has 3 N–H and O–H groups in total. The van der Waals surface area contributed by atoms with Crippen molar-refractivity contribution in [1.29, 1.82) is 0 Å². The highest BCUT2D eigenvalue weighted by molar-refractivity contribution is 9.10. The van der Waals surface area contributed by atoms with E-state index in [1.54, 1.807) is 18.2 Å². The van der Waals surface area contributed by atoms with Crippen molar-refractivity contribution >= 4 is 50.9 Å². The summed E-state index contributed by atoms with van der Waals surface area (Å²) in [6.07, 6.45) is 0.674. The van der Waals surface area contributed by atoms with Crippen LogP contribution >= 0.6 is 39.9 Å². The van der Waals surface area contributed by atoms with Crippen LogP contribution in [0.2, 0.25) is 5.02 Å². The molecule has 0 amide bonds. The molecule has 2 aromatic carbocycles. The molecule has 4 rings (SSSR count). The summed E-state index contributed by atoms with van der Waals surface area (Å²) >= 11 is 9.44. The number of likely N-dealkylation sites (tertiary alicyclic amines) is 1. The lowest BCUT2D eigenvalue weighted by Crippen LogP contribution is -2.32. The number of phenolic OH excluding ortho intramolecular Hbond substituents is 2. The van der Waals surface area contributed by atoms with E-state index in [4.69, 9.17) is 16.0 Å². The van der Waals surface area contributed by atoms with E-state index in [-0.39, 0.29) is 59.2 Å². The van der Waals surface area contributed by atoms with Gasteiger partial charge in [0.1, 0.15) is 28.2 Å². The van der Waals surface area contributed by atoms with Crippen LogP contribution in [0.1, 0.15) is 17.9 Å². The predicted octanol–water partition coefficient (Wildman–Crippen LogP) is 4.49. The van der Waals surface area contributed by atoms with Crippen molar-refractivity contribution in [2.75, 3.05) is 20.2 Å². The van der Waals surface area contributed by atoms with E-state index < -0.39 is 5.43 Å². The van der Waals surface area contributed by atoms with E-state index in [0.29, 0.717) is 27.0 Å². The number of hydrogen-bond donors (Lipinski definition) is 3. The summed E-state index contributed by atoms with van der Waals surface area (Å²) in [7, 11) is 1.90. The molecular formula is C21H20BrCl2NO5. The molecule has 30 heavy (non-hydrogen) atoms. The lowest BCUT2D eigenvalue weighted by Gasteiger charge is -2.24. The van der Waals surface area contributed by atoms with E-state index in [0.717, 1.165) is 6.54 Å².